The lowest BCUT2D eigenvalue weighted by atomic mass is 10.1. The third-order valence-electron chi connectivity index (χ3n) is 5.80. The average molecular weight is 451 g/mol. The Morgan fingerprint density at radius 3 is 2.76 bits per heavy atom. The molecule has 0 unspecified atom stereocenters. The van der Waals surface area contributed by atoms with Crippen LogP contribution in [0.1, 0.15) is 37.1 Å². The first-order valence-corrected chi connectivity index (χ1v) is 11.9. The van der Waals surface area contributed by atoms with Crippen LogP contribution in [0.4, 0.5) is 5.82 Å². The lowest BCUT2D eigenvalue weighted by molar-refractivity contribution is 0.254. The number of nitrogens with zero attached hydrogens (tertiary/aromatic N) is 5. The predicted molar refractivity (Wildman–Crippen MR) is 129 cm³/mol. The molecule has 0 atom stereocenters. The highest BCUT2D eigenvalue weighted by Crippen LogP contribution is 2.29. The number of nitrogens with one attached hydrogen (secondary N) is 1. The number of anilines is 1. The molecular weight excluding hydrogens is 416 g/mol. The Bertz CT molecular complexity index is 973. The summed E-state index contributed by atoms with van der Waals surface area (Å²) in [5, 5.41) is 7.60. The second kappa shape index (κ2) is 12.2. The van der Waals surface area contributed by atoms with Crippen molar-refractivity contribution in [3.8, 4) is 11.5 Å². The number of likely N-dealkylation sites (tertiary alicyclic amines) is 1. The number of aryl methyl sites for hydroxylation is 1. The van der Waals surface area contributed by atoms with Gasteiger partial charge in [0.05, 0.1) is 13.7 Å². The van der Waals surface area contributed by atoms with E-state index in [2.05, 4.69) is 25.3 Å². The molecule has 1 saturated heterocycles. The maximum Gasteiger partial charge on any atom is 0.161 e. The summed E-state index contributed by atoms with van der Waals surface area (Å²) in [5.41, 5.74) is 1.10. The minimum atomic E-state index is 0.636. The van der Waals surface area contributed by atoms with Crippen LogP contribution >= 0.6 is 0 Å². The molecule has 0 radical (unpaired) electrons. The summed E-state index contributed by atoms with van der Waals surface area (Å²) < 4.78 is 13.5. The topological polar surface area (TPSA) is 77.3 Å². The Morgan fingerprint density at radius 1 is 1.03 bits per heavy atom. The molecule has 1 aromatic carbocycles. The molecule has 1 fully saturated rings. The summed E-state index contributed by atoms with van der Waals surface area (Å²) in [7, 11) is 1.68. The van der Waals surface area contributed by atoms with E-state index in [1.807, 2.05) is 41.2 Å². The van der Waals surface area contributed by atoms with Gasteiger partial charge in [-0.3, -0.25) is 4.68 Å². The molecule has 3 aromatic rings. The van der Waals surface area contributed by atoms with Crippen LogP contribution in [0, 0.1) is 0 Å². The van der Waals surface area contributed by atoms with Crippen molar-refractivity contribution in [1.82, 2.24) is 24.6 Å². The van der Waals surface area contributed by atoms with E-state index in [1.165, 1.54) is 25.9 Å². The lowest BCUT2D eigenvalue weighted by Gasteiger charge is -2.16. The molecule has 1 N–H and O–H groups in total. The van der Waals surface area contributed by atoms with Gasteiger partial charge in [0.1, 0.15) is 11.6 Å². The molecule has 8 heteroatoms. The fourth-order valence-corrected chi connectivity index (χ4v) is 4.08. The van der Waals surface area contributed by atoms with Gasteiger partial charge >= 0.3 is 0 Å². The van der Waals surface area contributed by atoms with E-state index in [-0.39, 0.29) is 0 Å². The maximum atomic E-state index is 6.07. The number of hydrogen-bond acceptors (Lipinski definition) is 7. The zero-order chi connectivity index (χ0) is 22.7. The minimum Gasteiger partial charge on any atom is -0.493 e. The summed E-state index contributed by atoms with van der Waals surface area (Å²) in [6.45, 7) is 5.93. The first kappa shape index (κ1) is 23.0. The standard InChI is InChI=1S/C25H34N6O2/c1-32-22-8-7-21(19-23(22)33-18-6-15-30-13-2-3-14-30)20-25-27-12-9-24(29-25)26-10-4-16-31-17-5-11-28-31/h5,7-9,11-12,17,19H,2-4,6,10,13-16,18,20H2,1H3,(H,26,27,29). The van der Waals surface area contributed by atoms with E-state index >= 15 is 0 Å². The molecule has 176 valence electrons. The van der Waals surface area contributed by atoms with Crippen molar-refractivity contribution < 1.29 is 9.47 Å². The third-order valence-corrected chi connectivity index (χ3v) is 5.80. The molecular formula is C25H34N6O2. The molecule has 8 nitrogen and oxygen atoms in total. The zero-order valence-electron chi connectivity index (χ0n) is 19.4. The number of hydrogen-bond donors (Lipinski definition) is 1. The van der Waals surface area contributed by atoms with Crippen molar-refractivity contribution in [3.63, 3.8) is 0 Å². The molecule has 2 aromatic heterocycles. The van der Waals surface area contributed by atoms with Gasteiger partial charge in [-0.2, -0.15) is 5.10 Å². The van der Waals surface area contributed by atoms with Gasteiger partial charge in [0.15, 0.2) is 11.5 Å². The summed E-state index contributed by atoms with van der Waals surface area (Å²) >= 11 is 0. The molecule has 0 saturated carbocycles. The largest absolute Gasteiger partial charge is 0.493 e. The molecule has 4 rings (SSSR count). The van der Waals surface area contributed by atoms with Crippen LogP contribution in [-0.4, -0.2) is 64.5 Å². The molecule has 0 amide bonds. The van der Waals surface area contributed by atoms with Gasteiger partial charge in [0, 0.05) is 44.6 Å². The van der Waals surface area contributed by atoms with E-state index in [0.29, 0.717) is 13.0 Å². The van der Waals surface area contributed by atoms with Gasteiger partial charge in [0.2, 0.25) is 0 Å². The zero-order valence-corrected chi connectivity index (χ0v) is 19.4. The summed E-state index contributed by atoms with van der Waals surface area (Å²) in [6, 6.07) is 9.89. The van der Waals surface area contributed by atoms with Crippen molar-refractivity contribution in [3.05, 3.63) is 60.3 Å². The van der Waals surface area contributed by atoms with E-state index in [9.17, 15) is 0 Å². The van der Waals surface area contributed by atoms with Crippen molar-refractivity contribution in [1.29, 1.82) is 0 Å². The Hall–Kier alpha value is -3.13. The minimum absolute atomic E-state index is 0.636. The fraction of sp³-hybridized carbons (Fsp3) is 0.480. The van der Waals surface area contributed by atoms with Crippen LogP contribution in [0.15, 0.2) is 48.9 Å². The van der Waals surface area contributed by atoms with Crippen molar-refractivity contribution in [2.75, 3.05) is 45.2 Å². The van der Waals surface area contributed by atoms with Gasteiger partial charge in [-0.1, -0.05) is 6.07 Å². The van der Waals surface area contributed by atoms with Gasteiger partial charge in [-0.05, 0) is 68.6 Å². The molecule has 0 aliphatic carbocycles. The van der Waals surface area contributed by atoms with Crippen LogP contribution in [0.25, 0.3) is 0 Å². The molecule has 1 aliphatic heterocycles. The fourth-order valence-electron chi connectivity index (χ4n) is 4.08. The Morgan fingerprint density at radius 2 is 1.94 bits per heavy atom. The second-order valence-electron chi connectivity index (χ2n) is 8.32. The predicted octanol–water partition coefficient (Wildman–Crippen LogP) is 3.64. The average Bonchev–Trinajstić information content (AvgIpc) is 3.55. The van der Waals surface area contributed by atoms with Crippen molar-refractivity contribution in [2.24, 2.45) is 0 Å². The first-order valence-electron chi connectivity index (χ1n) is 11.9. The first-order chi connectivity index (χ1) is 16.3. The number of ether oxygens (including phenoxy) is 2. The quantitative estimate of drug-likeness (QED) is 0.398. The summed E-state index contributed by atoms with van der Waals surface area (Å²) in [5.74, 6) is 3.15. The normalized spacial score (nSPS) is 13.8. The molecule has 0 spiro atoms. The molecule has 1 aliphatic rings. The smallest absolute Gasteiger partial charge is 0.161 e. The Balaban J connectivity index is 1.28. The highest BCUT2D eigenvalue weighted by atomic mass is 16.5. The number of benzene rings is 1. The summed E-state index contributed by atoms with van der Waals surface area (Å²) in [6.07, 6.45) is 10.8. The van der Waals surface area contributed by atoms with E-state index in [4.69, 9.17) is 9.47 Å². The van der Waals surface area contributed by atoms with Crippen molar-refractivity contribution >= 4 is 5.82 Å². The SMILES string of the molecule is COc1ccc(Cc2nccc(NCCCn3cccn3)n2)cc1OCCCN1CCCC1. The molecule has 3 heterocycles. The van der Waals surface area contributed by atoms with Crippen LogP contribution in [0.2, 0.25) is 0 Å². The maximum absolute atomic E-state index is 6.07. The molecule has 33 heavy (non-hydrogen) atoms. The second-order valence-corrected chi connectivity index (χ2v) is 8.32. The van der Waals surface area contributed by atoms with Crippen LogP contribution < -0.4 is 14.8 Å². The Kier molecular flexibility index (Phi) is 8.52. The van der Waals surface area contributed by atoms with Gasteiger partial charge in [0.25, 0.3) is 0 Å². The molecule has 0 bridgehead atoms. The lowest BCUT2D eigenvalue weighted by Crippen LogP contribution is -2.21. The van der Waals surface area contributed by atoms with Gasteiger partial charge < -0.3 is 19.7 Å². The van der Waals surface area contributed by atoms with Crippen LogP contribution in [0.3, 0.4) is 0 Å². The number of aromatic nitrogens is 4. The van der Waals surface area contributed by atoms with E-state index in [1.54, 1.807) is 19.5 Å². The highest BCUT2D eigenvalue weighted by molar-refractivity contribution is 5.44. The van der Waals surface area contributed by atoms with Crippen molar-refractivity contribution in [2.45, 2.75) is 38.6 Å². The van der Waals surface area contributed by atoms with E-state index in [0.717, 1.165) is 61.2 Å². The van der Waals surface area contributed by atoms with E-state index < -0.39 is 0 Å². The highest BCUT2D eigenvalue weighted by Gasteiger charge is 2.12. The number of methoxy groups -OCH3 is 1. The Labute approximate surface area is 196 Å². The van der Waals surface area contributed by atoms with Gasteiger partial charge in [-0.25, -0.2) is 9.97 Å². The van der Waals surface area contributed by atoms with Crippen LogP contribution in [-0.2, 0) is 13.0 Å². The monoisotopic (exact) mass is 450 g/mol. The van der Waals surface area contributed by atoms with Crippen LogP contribution in [0.5, 0.6) is 11.5 Å². The third kappa shape index (κ3) is 7.18. The summed E-state index contributed by atoms with van der Waals surface area (Å²) in [4.78, 5) is 11.6. The van der Waals surface area contributed by atoms with Gasteiger partial charge in [-0.15, -0.1) is 0 Å². The number of rotatable bonds is 13.